The lowest BCUT2D eigenvalue weighted by molar-refractivity contribution is 0.0681. The summed E-state index contributed by atoms with van der Waals surface area (Å²) in [5, 5.41) is 37.4. The number of aromatic nitrogens is 1. The van der Waals surface area contributed by atoms with Crippen LogP contribution in [0.4, 0.5) is 0 Å². The summed E-state index contributed by atoms with van der Waals surface area (Å²) >= 11 is 0. The fraction of sp³-hybridized carbons (Fsp3) is 0.0769. The lowest BCUT2D eigenvalue weighted by atomic mass is 10.2. The first-order chi connectivity index (χ1) is 9.34. The van der Waals surface area contributed by atoms with Crippen molar-refractivity contribution in [2.75, 3.05) is 0 Å². The number of rotatable bonds is 3. The molecule has 0 amide bonds. The Balaban J connectivity index is 2.85. The van der Waals surface area contributed by atoms with E-state index in [4.69, 9.17) is 10.2 Å². The van der Waals surface area contributed by atoms with Gasteiger partial charge in [-0.2, -0.15) is 0 Å². The van der Waals surface area contributed by atoms with Gasteiger partial charge in [-0.05, 0) is 19.1 Å². The van der Waals surface area contributed by atoms with Crippen molar-refractivity contribution in [3.8, 4) is 17.2 Å². The van der Waals surface area contributed by atoms with E-state index in [1.54, 1.807) is 12.1 Å². The van der Waals surface area contributed by atoms with Gasteiger partial charge in [0.05, 0.1) is 0 Å². The molecule has 2 rings (SSSR count). The molecule has 0 radical (unpaired) electrons. The molecule has 20 heavy (non-hydrogen) atoms. The lowest BCUT2D eigenvalue weighted by Crippen LogP contribution is -2.12. The number of hydrogen-bond donors (Lipinski definition) is 4. The summed E-state index contributed by atoms with van der Waals surface area (Å²) in [6.07, 6.45) is 0. The summed E-state index contributed by atoms with van der Waals surface area (Å²) in [6.45, 7) is 1.81. The second-order valence-corrected chi connectivity index (χ2v) is 4.18. The first-order valence-electron chi connectivity index (χ1n) is 5.54. The van der Waals surface area contributed by atoms with Gasteiger partial charge < -0.3 is 20.4 Å². The normalized spacial score (nSPS) is 10.4. The van der Waals surface area contributed by atoms with E-state index in [0.717, 1.165) is 10.1 Å². The molecule has 1 heterocycles. The topological polar surface area (TPSA) is 120 Å². The van der Waals surface area contributed by atoms with Crippen molar-refractivity contribution < 1.29 is 30.0 Å². The Labute approximate surface area is 113 Å². The van der Waals surface area contributed by atoms with E-state index in [0.29, 0.717) is 0 Å². The van der Waals surface area contributed by atoms with Crippen LogP contribution in [-0.4, -0.2) is 36.9 Å². The molecule has 4 N–H and O–H groups in total. The smallest absolute Gasteiger partial charge is 0.356 e. The van der Waals surface area contributed by atoms with Gasteiger partial charge in [0.2, 0.25) is 0 Å². The van der Waals surface area contributed by atoms with Crippen molar-refractivity contribution in [1.29, 1.82) is 0 Å². The zero-order chi connectivity index (χ0) is 15.0. The highest BCUT2D eigenvalue weighted by molar-refractivity contribution is 5.99. The second kappa shape index (κ2) is 4.61. The van der Waals surface area contributed by atoms with Crippen LogP contribution < -0.4 is 0 Å². The van der Waals surface area contributed by atoms with E-state index in [2.05, 4.69) is 0 Å². The zero-order valence-corrected chi connectivity index (χ0v) is 10.4. The maximum Gasteiger partial charge on any atom is 0.356 e. The SMILES string of the molecule is Cc1ccc(-n2c(C(=O)O)c(O)c(O)c2C(=O)O)cc1. The predicted octanol–water partition coefficient (Wildman–Crippen LogP) is 1.59. The molecule has 2 aromatic rings. The molecule has 0 fully saturated rings. The van der Waals surface area contributed by atoms with E-state index in [1.165, 1.54) is 12.1 Å². The Hall–Kier alpha value is -2.96. The van der Waals surface area contributed by atoms with Crippen LogP contribution in [0, 0.1) is 6.92 Å². The predicted molar refractivity (Wildman–Crippen MR) is 67.8 cm³/mol. The molecule has 1 aromatic heterocycles. The Morgan fingerprint density at radius 2 is 1.30 bits per heavy atom. The number of aromatic hydroxyl groups is 2. The van der Waals surface area contributed by atoms with E-state index >= 15 is 0 Å². The summed E-state index contributed by atoms with van der Waals surface area (Å²) in [5.74, 6) is -5.05. The highest BCUT2D eigenvalue weighted by Gasteiger charge is 2.31. The first kappa shape index (κ1) is 13.5. The molecule has 104 valence electrons. The monoisotopic (exact) mass is 277 g/mol. The standard InChI is InChI=1S/C13H11NO6/c1-6-2-4-7(5-3-6)14-8(12(17)18)10(15)11(16)9(14)13(19)20/h2-5,15-16H,1H3,(H,17,18)(H,19,20). The molecule has 0 aliphatic heterocycles. The number of carbonyl (C=O) groups is 2. The van der Waals surface area contributed by atoms with Crippen LogP contribution >= 0.6 is 0 Å². The molecule has 0 aliphatic rings. The van der Waals surface area contributed by atoms with Crippen molar-refractivity contribution in [2.24, 2.45) is 0 Å². The first-order valence-corrected chi connectivity index (χ1v) is 5.54. The minimum absolute atomic E-state index is 0.209. The highest BCUT2D eigenvalue weighted by Crippen LogP contribution is 2.38. The Kier molecular flexibility index (Phi) is 3.11. The molecule has 0 unspecified atom stereocenters. The number of hydrogen-bond acceptors (Lipinski definition) is 4. The van der Waals surface area contributed by atoms with Crippen LogP contribution in [-0.2, 0) is 0 Å². The molecule has 7 nitrogen and oxygen atoms in total. The Morgan fingerprint density at radius 1 is 0.900 bits per heavy atom. The van der Waals surface area contributed by atoms with Crippen LogP contribution in [0.1, 0.15) is 26.5 Å². The van der Waals surface area contributed by atoms with Crippen LogP contribution in [0.15, 0.2) is 24.3 Å². The summed E-state index contributed by atoms with van der Waals surface area (Å²) < 4.78 is 0.786. The van der Waals surface area contributed by atoms with Crippen molar-refractivity contribution in [3.63, 3.8) is 0 Å². The van der Waals surface area contributed by atoms with Crippen molar-refractivity contribution in [2.45, 2.75) is 6.92 Å². The number of nitrogens with zero attached hydrogens (tertiary/aromatic N) is 1. The average molecular weight is 277 g/mol. The molecule has 0 bridgehead atoms. The third-order valence-electron chi connectivity index (χ3n) is 2.82. The van der Waals surface area contributed by atoms with E-state index < -0.39 is 34.8 Å². The van der Waals surface area contributed by atoms with Gasteiger partial charge in [0, 0.05) is 5.69 Å². The van der Waals surface area contributed by atoms with Crippen LogP contribution in [0.2, 0.25) is 0 Å². The van der Waals surface area contributed by atoms with E-state index in [-0.39, 0.29) is 5.69 Å². The molecule has 0 atom stereocenters. The fourth-order valence-electron chi connectivity index (χ4n) is 1.89. The highest BCUT2D eigenvalue weighted by atomic mass is 16.4. The number of aromatic carboxylic acids is 2. The molecule has 0 aliphatic carbocycles. The molecule has 0 saturated heterocycles. The van der Waals surface area contributed by atoms with Gasteiger partial charge in [-0.15, -0.1) is 0 Å². The zero-order valence-electron chi connectivity index (χ0n) is 10.4. The van der Waals surface area contributed by atoms with Crippen molar-refractivity contribution >= 4 is 11.9 Å². The molecule has 0 saturated carbocycles. The third-order valence-corrected chi connectivity index (χ3v) is 2.82. The maximum atomic E-state index is 11.2. The molecular weight excluding hydrogens is 266 g/mol. The second-order valence-electron chi connectivity index (χ2n) is 4.18. The largest absolute Gasteiger partial charge is 0.503 e. The Bertz CT molecular complexity index is 661. The minimum atomic E-state index is -1.55. The van der Waals surface area contributed by atoms with Crippen LogP contribution in [0.5, 0.6) is 11.5 Å². The molecule has 7 heteroatoms. The van der Waals surface area contributed by atoms with E-state index in [1.807, 2.05) is 6.92 Å². The van der Waals surface area contributed by atoms with Crippen LogP contribution in [0.3, 0.4) is 0 Å². The Morgan fingerprint density at radius 3 is 1.65 bits per heavy atom. The van der Waals surface area contributed by atoms with Gasteiger partial charge in [-0.3, -0.25) is 4.57 Å². The number of carboxylic acids is 2. The van der Waals surface area contributed by atoms with Gasteiger partial charge in [0.15, 0.2) is 22.9 Å². The number of aryl methyl sites for hydroxylation is 1. The molecular formula is C13H11NO6. The van der Waals surface area contributed by atoms with Gasteiger partial charge >= 0.3 is 11.9 Å². The van der Waals surface area contributed by atoms with Crippen LogP contribution in [0.25, 0.3) is 5.69 Å². The quantitative estimate of drug-likeness (QED) is 0.676. The number of carboxylic acid groups (broad SMARTS) is 2. The van der Waals surface area contributed by atoms with Crippen molar-refractivity contribution in [1.82, 2.24) is 4.57 Å². The van der Waals surface area contributed by atoms with Gasteiger partial charge in [0.1, 0.15) is 0 Å². The number of benzene rings is 1. The summed E-state index contributed by atoms with van der Waals surface area (Å²) in [7, 11) is 0. The third kappa shape index (κ3) is 1.95. The minimum Gasteiger partial charge on any atom is -0.503 e. The maximum absolute atomic E-state index is 11.2. The van der Waals surface area contributed by atoms with Gasteiger partial charge in [-0.25, -0.2) is 9.59 Å². The summed E-state index contributed by atoms with van der Waals surface area (Å²) in [4.78, 5) is 22.4. The summed E-state index contributed by atoms with van der Waals surface area (Å²) in [5.41, 5.74) is -0.309. The average Bonchev–Trinajstić information content (AvgIpc) is 2.63. The van der Waals surface area contributed by atoms with Gasteiger partial charge in [-0.1, -0.05) is 17.7 Å². The lowest BCUT2D eigenvalue weighted by Gasteiger charge is -2.09. The molecule has 1 aromatic carbocycles. The fourth-order valence-corrected chi connectivity index (χ4v) is 1.89. The van der Waals surface area contributed by atoms with E-state index in [9.17, 15) is 19.8 Å². The summed E-state index contributed by atoms with van der Waals surface area (Å²) in [6, 6.07) is 6.29. The van der Waals surface area contributed by atoms with Gasteiger partial charge in [0.25, 0.3) is 0 Å². The molecule has 0 spiro atoms. The van der Waals surface area contributed by atoms with Crippen molar-refractivity contribution in [3.05, 3.63) is 41.2 Å².